The number of para-hydroxylation sites is 2. The molecule has 0 atom stereocenters. The molecule has 0 unspecified atom stereocenters. The number of nitrogens with two attached hydrogens (primary N) is 1. The van der Waals surface area contributed by atoms with Crippen molar-refractivity contribution in [3.05, 3.63) is 36.3 Å². The van der Waals surface area contributed by atoms with Crippen molar-refractivity contribution in [1.29, 1.82) is 0 Å². The lowest BCUT2D eigenvalue weighted by molar-refractivity contribution is 1.26. The fraction of sp³-hybridized carbons (Fsp3) is 0. The Morgan fingerprint density at radius 3 is 2.64 bits per heavy atom. The molecular formula is C8H9N3. The highest BCUT2D eigenvalue weighted by atomic mass is 15.1. The Bertz CT molecular complexity index is 304. The van der Waals surface area contributed by atoms with Gasteiger partial charge in [0.1, 0.15) is 5.82 Å². The van der Waals surface area contributed by atoms with Crippen molar-refractivity contribution in [2.24, 2.45) is 5.73 Å². The Morgan fingerprint density at radius 2 is 1.82 bits per heavy atom. The second-order valence-corrected chi connectivity index (χ2v) is 2.41. The monoisotopic (exact) mass is 147 g/mol. The number of benzene rings is 1. The fourth-order valence-electron chi connectivity index (χ4n) is 1.07. The summed E-state index contributed by atoms with van der Waals surface area (Å²) in [5, 5.41) is 6.10. The molecule has 4 N–H and O–H groups in total. The Labute approximate surface area is 64.9 Å². The van der Waals surface area contributed by atoms with Crippen LogP contribution in [-0.2, 0) is 0 Å². The zero-order chi connectivity index (χ0) is 7.68. The molecule has 56 valence electrons. The van der Waals surface area contributed by atoms with Gasteiger partial charge in [-0.15, -0.1) is 0 Å². The van der Waals surface area contributed by atoms with Gasteiger partial charge < -0.3 is 16.4 Å². The van der Waals surface area contributed by atoms with Crippen LogP contribution in [0, 0.1) is 0 Å². The summed E-state index contributed by atoms with van der Waals surface area (Å²) in [6, 6.07) is 7.91. The minimum atomic E-state index is 0.642. The molecule has 0 radical (unpaired) electrons. The highest BCUT2D eigenvalue weighted by Crippen LogP contribution is 2.24. The molecule has 0 fully saturated rings. The predicted octanol–water partition coefficient (Wildman–Crippen LogP) is 1.28. The molecule has 2 rings (SSSR count). The third-order valence-corrected chi connectivity index (χ3v) is 1.59. The molecule has 1 aliphatic heterocycles. The van der Waals surface area contributed by atoms with Crippen LogP contribution in [0.2, 0.25) is 0 Å². The van der Waals surface area contributed by atoms with Crippen LogP contribution in [0.3, 0.4) is 0 Å². The van der Waals surface area contributed by atoms with Crippen LogP contribution in [0.1, 0.15) is 0 Å². The van der Waals surface area contributed by atoms with E-state index in [2.05, 4.69) is 10.6 Å². The average molecular weight is 147 g/mol. The highest BCUT2D eigenvalue weighted by Gasteiger charge is 2.04. The van der Waals surface area contributed by atoms with Crippen molar-refractivity contribution in [3.8, 4) is 0 Å². The first kappa shape index (κ1) is 6.09. The van der Waals surface area contributed by atoms with Gasteiger partial charge in [0.15, 0.2) is 0 Å². The van der Waals surface area contributed by atoms with Crippen LogP contribution < -0.4 is 16.4 Å². The molecule has 0 saturated heterocycles. The summed E-state index contributed by atoms with van der Waals surface area (Å²) in [4.78, 5) is 0. The van der Waals surface area contributed by atoms with Crippen molar-refractivity contribution in [2.45, 2.75) is 0 Å². The lowest BCUT2D eigenvalue weighted by Gasteiger charge is -2.16. The second kappa shape index (κ2) is 2.20. The summed E-state index contributed by atoms with van der Waals surface area (Å²) < 4.78 is 0. The minimum absolute atomic E-state index is 0.642. The summed E-state index contributed by atoms with van der Waals surface area (Å²) in [5.41, 5.74) is 7.62. The molecule has 3 nitrogen and oxygen atoms in total. The van der Waals surface area contributed by atoms with E-state index in [1.165, 1.54) is 0 Å². The zero-order valence-corrected chi connectivity index (χ0v) is 5.96. The van der Waals surface area contributed by atoms with Crippen LogP contribution in [-0.4, -0.2) is 0 Å². The number of rotatable bonds is 0. The van der Waals surface area contributed by atoms with E-state index in [1.807, 2.05) is 24.3 Å². The van der Waals surface area contributed by atoms with Gasteiger partial charge in [0, 0.05) is 6.20 Å². The normalized spacial score (nSPS) is 14.0. The molecule has 0 amide bonds. The smallest absolute Gasteiger partial charge is 0.117 e. The largest absolute Gasteiger partial charge is 0.384 e. The molecule has 1 aliphatic rings. The maximum atomic E-state index is 5.54. The Hall–Kier alpha value is -1.64. The summed E-state index contributed by atoms with van der Waals surface area (Å²) in [6.45, 7) is 0. The van der Waals surface area contributed by atoms with Crippen molar-refractivity contribution < 1.29 is 0 Å². The summed E-state index contributed by atoms with van der Waals surface area (Å²) in [5.74, 6) is 0.642. The van der Waals surface area contributed by atoms with E-state index < -0.39 is 0 Å². The summed E-state index contributed by atoms with van der Waals surface area (Å²) in [7, 11) is 0. The first-order chi connectivity index (χ1) is 5.36. The van der Waals surface area contributed by atoms with Gasteiger partial charge in [-0.05, 0) is 12.1 Å². The number of hydrogen-bond donors (Lipinski definition) is 3. The molecular weight excluding hydrogens is 138 g/mol. The third-order valence-electron chi connectivity index (χ3n) is 1.59. The molecule has 0 saturated carbocycles. The Balaban J connectivity index is 2.42. The molecule has 3 heteroatoms. The zero-order valence-electron chi connectivity index (χ0n) is 5.96. The SMILES string of the molecule is NC1=CNc2ccccc2N1. The van der Waals surface area contributed by atoms with E-state index in [1.54, 1.807) is 6.20 Å². The maximum Gasteiger partial charge on any atom is 0.117 e. The highest BCUT2D eigenvalue weighted by molar-refractivity contribution is 5.73. The molecule has 0 aromatic heterocycles. The van der Waals surface area contributed by atoms with E-state index >= 15 is 0 Å². The number of fused-ring (bicyclic) bond motifs is 1. The van der Waals surface area contributed by atoms with Crippen LogP contribution in [0.15, 0.2) is 36.3 Å². The lowest BCUT2D eigenvalue weighted by Crippen LogP contribution is -2.15. The predicted molar refractivity (Wildman–Crippen MR) is 46.0 cm³/mol. The van der Waals surface area contributed by atoms with E-state index in [4.69, 9.17) is 5.73 Å². The van der Waals surface area contributed by atoms with E-state index in [0.717, 1.165) is 11.4 Å². The minimum Gasteiger partial charge on any atom is -0.384 e. The van der Waals surface area contributed by atoms with Crippen molar-refractivity contribution >= 4 is 11.4 Å². The van der Waals surface area contributed by atoms with Gasteiger partial charge in [-0.2, -0.15) is 0 Å². The van der Waals surface area contributed by atoms with Gasteiger partial charge in [-0.1, -0.05) is 12.1 Å². The number of anilines is 2. The number of nitrogens with one attached hydrogen (secondary N) is 2. The molecule has 0 spiro atoms. The first-order valence-corrected chi connectivity index (χ1v) is 3.44. The molecule has 1 aromatic rings. The molecule has 1 aromatic carbocycles. The van der Waals surface area contributed by atoms with Gasteiger partial charge >= 0.3 is 0 Å². The topological polar surface area (TPSA) is 50.1 Å². The summed E-state index contributed by atoms with van der Waals surface area (Å²) >= 11 is 0. The molecule has 0 aliphatic carbocycles. The van der Waals surface area contributed by atoms with E-state index in [9.17, 15) is 0 Å². The van der Waals surface area contributed by atoms with Gasteiger partial charge in [-0.3, -0.25) is 0 Å². The van der Waals surface area contributed by atoms with Crippen LogP contribution in [0.25, 0.3) is 0 Å². The molecule has 0 bridgehead atoms. The fourth-order valence-corrected chi connectivity index (χ4v) is 1.07. The van der Waals surface area contributed by atoms with Gasteiger partial charge in [-0.25, -0.2) is 0 Å². The average Bonchev–Trinajstić information content (AvgIpc) is 2.04. The van der Waals surface area contributed by atoms with E-state index in [-0.39, 0.29) is 0 Å². The van der Waals surface area contributed by atoms with Gasteiger partial charge in [0.05, 0.1) is 11.4 Å². The summed E-state index contributed by atoms with van der Waals surface area (Å²) in [6.07, 6.45) is 1.74. The Morgan fingerprint density at radius 1 is 1.09 bits per heavy atom. The Kier molecular flexibility index (Phi) is 1.22. The van der Waals surface area contributed by atoms with Crippen LogP contribution >= 0.6 is 0 Å². The van der Waals surface area contributed by atoms with Crippen molar-refractivity contribution in [3.63, 3.8) is 0 Å². The maximum absolute atomic E-state index is 5.54. The first-order valence-electron chi connectivity index (χ1n) is 3.44. The molecule has 1 heterocycles. The molecule has 11 heavy (non-hydrogen) atoms. The van der Waals surface area contributed by atoms with Crippen LogP contribution in [0.5, 0.6) is 0 Å². The standard InChI is InChI=1S/C8H9N3/c9-8-5-10-6-3-1-2-4-7(6)11-8/h1-5,10-11H,9H2. The van der Waals surface area contributed by atoms with E-state index in [0.29, 0.717) is 5.82 Å². The van der Waals surface area contributed by atoms with Gasteiger partial charge in [0.2, 0.25) is 0 Å². The van der Waals surface area contributed by atoms with Crippen molar-refractivity contribution in [2.75, 3.05) is 10.6 Å². The van der Waals surface area contributed by atoms with Gasteiger partial charge in [0.25, 0.3) is 0 Å². The second-order valence-electron chi connectivity index (χ2n) is 2.41. The number of hydrogen-bond acceptors (Lipinski definition) is 3. The lowest BCUT2D eigenvalue weighted by atomic mass is 10.2. The van der Waals surface area contributed by atoms with Crippen LogP contribution in [0.4, 0.5) is 11.4 Å². The van der Waals surface area contributed by atoms with Crippen molar-refractivity contribution in [1.82, 2.24) is 0 Å². The third kappa shape index (κ3) is 1.00. The quantitative estimate of drug-likeness (QED) is 0.518.